The fraction of sp³-hybridized carbons (Fsp3) is 0.273. The summed E-state index contributed by atoms with van der Waals surface area (Å²) in [5.41, 5.74) is 12.6. The lowest BCUT2D eigenvalue weighted by Gasteiger charge is -2.39. The van der Waals surface area contributed by atoms with Crippen molar-refractivity contribution in [2.75, 3.05) is 20.2 Å². The maximum absolute atomic E-state index is 13.3. The molecule has 0 unspecified atom stereocenters. The summed E-state index contributed by atoms with van der Waals surface area (Å²) in [4.78, 5) is 23.2. The number of para-hydroxylation sites is 1. The van der Waals surface area contributed by atoms with Crippen LogP contribution in [0.15, 0.2) is 96.6 Å². The van der Waals surface area contributed by atoms with E-state index in [1.807, 2.05) is 83.8 Å². The van der Waals surface area contributed by atoms with Crippen molar-refractivity contribution in [1.29, 1.82) is 0 Å². The molecule has 4 aromatic rings. The Hall–Kier alpha value is -4.46. The number of benzene rings is 3. The molecule has 2 fully saturated rings. The molecule has 3 aromatic carbocycles. The Morgan fingerprint density at radius 2 is 1.88 bits per heavy atom. The predicted octanol–water partition coefficient (Wildman–Crippen LogP) is 8.80. The van der Waals surface area contributed by atoms with E-state index in [0.29, 0.717) is 13.1 Å². The van der Waals surface area contributed by atoms with Gasteiger partial charge in [-0.15, -0.1) is 6.58 Å². The van der Waals surface area contributed by atoms with Gasteiger partial charge in [0, 0.05) is 35.0 Å². The molecule has 0 aliphatic carbocycles. The van der Waals surface area contributed by atoms with Crippen LogP contribution >= 0.6 is 11.8 Å². The maximum atomic E-state index is 13.3. The van der Waals surface area contributed by atoms with Crippen LogP contribution in [0.1, 0.15) is 23.7 Å². The van der Waals surface area contributed by atoms with E-state index in [1.54, 1.807) is 7.11 Å². The van der Waals surface area contributed by atoms with Crippen LogP contribution in [0.5, 0.6) is 17.2 Å². The monoisotopic (exact) mass is 577 g/mol. The Morgan fingerprint density at radius 3 is 2.62 bits per heavy atom. The van der Waals surface area contributed by atoms with E-state index in [9.17, 15) is 4.79 Å². The molecule has 0 radical (unpaired) electrons. The number of methoxy groups -OCH3 is 1. The molecule has 2 aliphatic heterocycles. The number of pyridine rings is 1. The van der Waals surface area contributed by atoms with Crippen LogP contribution in [0.4, 0.5) is 4.79 Å². The lowest BCUT2D eigenvalue weighted by molar-refractivity contribution is 0.136. The number of carbonyl (C=O) groups is 1. The largest absolute Gasteiger partial charge is 0.497 e. The lowest BCUT2D eigenvalue weighted by Crippen LogP contribution is -2.43. The molecular weight excluding hydrogens is 546 g/mol. The molecule has 1 amide bonds. The van der Waals surface area contributed by atoms with Crippen molar-refractivity contribution in [3.63, 3.8) is 0 Å². The number of rotatable bonds is 9. The van der Waals surface area contributed by atoms with E-state index < -0.39 is 0 Å². The van der Waals surface area contributed by atoms with E-state index in [0.717, 1.165) is 57.8 Å². The van der Waals surface area contributed by atoms with Gasteiger partial charge in [-0.3, -0.25) is 4.79 Å². The van der Waals surface area contributed by atoms with Crippen LogP contribution in [0, 0.1) is 11.8 Å². The smallest absolute Gasteiger partial charge is 0.282 e. The first kappa shape index (κ1) is 27.7. The minimum Gasteiger partial charge on any atom is -0.497 e. The zero-order chi connectivity index (χ0) is 29.1. The van der Waals surface area contributed by atoms with Crippen LogP contribution in [-0.4, -0.2) is 41.4 Å². The van der Waals surface area contributed by atoms with Crippen LogP contribution in [-0.2, 0) is 0 Å². The van der Waals surface area contributed by atoms with Crippen molar-refractivity contribution < 1.29 is 14.3 Å². The number of nitrogens with zero attached hydrogens (tertiary/aromatic N) is 5. The molecule has 8 nitrogen and oxygen atoms in total. The molecule has 0 spiro atoms. The first-order valence-electron chi connectivity index (χ1n) is 14.0. The highest BCUT2D eigenvalue weighted by atomic mass is 32.2. The molecule has 42 heavy (non-hydrogen) atoms. The van der Waals surface area contributed by atoms with Gasteiger partial charge in [0.15, 0.2) is 0 Å². The molecule has 0 N–H and O–H groups in total. The zero-order valence-electron chi connectivity index (χ0n) is 23.3. The second-order valence-electron chi connectivity index (χ2n) is 10.6. The summed E-state index contributed by atoms with van der Waals surface area (Å²) in [5, 5.41) is 4.82. The fourth-order valence-corrected chi connectivity index (χ4v) is 7.38. The van der Waals surface area contributed by atoms with E-state index in [4.69, 9.17) is 20.0 Å². The van der Waals surface area contributed by atoms with Crippen molar-refractivity contribution in [3.8, 4) is 28.5 Å². The van der Waals surface area contributed by atoms with E-state index in [2.05, 4.69) is 22.7 Å². The number of hydrogen-bond donors (Lipinski definition) is 0. The van der Waals surface area contributed by atoms with Gasteiger partial charge in [0.25, 0.3) is 5.24 Å². The van der Waals surface area contributed by atoms with Gasteiger partial charge in [0.2, 0.25) is 0 Å². The Labute approximate surface area is 249 Å². The number of fused-ring (bicyclic) bond motifs is 2. The number of aromatic nitrogens is 1. The van der Waals surface area contributed by atoms with Gasteiger partial charge >= 0.3 is 0 Å². The van der Waals surface area contributed by atoms with Crippen LogP contribution in [0.3, 0.4) is 0 Å². The molecule has 0 bridgehead atoms. The third kappa shape index (κ3) is 5.53. The molecule has 0 saturated carbocycles. The average molecular weight is 578 g/mol. The average Bonchev–Trinajstić information content (AvgIpc) is 3.36. The fourth-order valence-electron chi connectivity index (χ4n) is 6.06. The molecule has 2 aliphatic rings. The van der Waals surface area contributed by atoms with Gasteiger partial charge < -0.3 is 14.4 Å². The Morgan fingerprint density at radius 1 is 1.12 bits per heavy atom. The van der Waals surface area contributed by atoms with Crippen LogP contribution in [0.25, 0.3) is 32.6 Å². The van der Waals surface area contributed by atoms with Crippen LogP contribution in [0.2, 0.25) is 0 Å². The number of ether oxygens (including phenoxy) is 2. The van der Waals surface area contributed by atoms with E-state index in [-0.39, 0.29) is 28.4 Å². The highest BCUT2D eigenvalue weighted by Crippen LogP contribution is 2.51. The number of carbonyl (C=O) groups excluding carboxylic acids is 1. The summed E-state index contributed by atoms with van der Waals surface area (Å²) < 4.78 is 11.6. The summed E-state index contributed by atoms with van der Waals surface area (Å²) in [6.07, 6.45) is 3.57. The van der Waals surface area contributed by atoms with Crippen molar-refractivity contribution in [1.82, 2.24) is 9.88 Å². The minimum atomic E-state index is -0.0812. The van der Waals surface area contributed by atoms with Crippen molar-refractivity contribution in [3.05, 3.63) is 108 Å². The molecule has 3 heterocycles. The third-order valence-corrected chi connectivity index (χ3v) is 9.50. The van der Waals surface area contributed by atoms with E-state index >= 15 is 0 Å². The van der Waals surface area contributed by atoms with Crippen molar-refractivity contribution in [2.24, 2.45) is 17.0 Å². The summed E-state index contributed by atoms with van der Waals surface area (Å²) in [6, 6.07) is 25.7. The number of hydrogen-bond acceptors (Lipinski definition) is 6. The molecule has 212 valence electrons. The predicted molar refractivity (Wildman–Crippen MR) is 167 cm³/mol. The normalized spacial score (nSPS) is 20.5. The van der Waals surface area contributed by atoms with Gasteiger partial charge in [0.1, 0.15) is 17.2 Å². The summed E-state index contributed by atoms with van der Waals surface area (Å²) in [7, 11) is 1.65. The number of thioether (sulfide) groups is 1. The van der Waals surface area contributed by atoms with Gasteiger partial charge in [-0.1, -0.05) is 41.2 Å². The zero-order valence-corrected chi connectivity index (χ0v) is 24.1. The van der Waals surface area contributed by atoms with Crippen LogP contribution < -0.4 is 9.47 Å². The second kappa shape index (κ2) is 12.2. The second-order valence-corrected chi connectivity index (χ2v) is 11.7. The first-order chi connectivity index (χ1) is 20.6. The molecular formula is C33H31N5O3S. The topological polar surface area (TPSA) is 100 Å². The first-order valence-corrected chi connectivity index (χ1v) is 14.9. The maximum Gasteiger partial charge on any atom is 0.282 e. The summed E-state index contributed by atoms with van der Waals surface area (Å²) in [6.45, 7) is 5.06. The molecule has 6 rings (SSSR count). The number of piperidine rings is 1. The number of amides is 1. The SMILES string of the molecule is C=C[C@@H](CN=[N+]=[N-])[C@H]1CCN2C(=O)S[C@H](c3cc(-c4ccc(Oc5ccccc5)cc4)nc4ccc(OC)cc34)[C@@H]2C1. The van der Waals surface area contributed by atoms with Gasteiger partial charge in [-0.05, 0) is 96.4 Å². The standard InChI is InChI=1S/C33H31N5O3S/c1-3-21(20-35-37-34)23-15-16-38-31(17-23)32(42-33(38)39)28-19-30(36-29-14-13-26(40-2)18-27(28)29)22-9-11-25(12-10-22)41-24-7-5-4-6-8-24/h3-14,18-19,21,23,31-32H,1,15-17,20H2,2H3/t21-,23-,31-,32+/m0/s1. The highest BCUT2D eigenvalue weighted by Gasteiger charge is 2.46. The molecule has 2 saturated heterocycles. The van der Waals surface area contributed by atoms with Crippen molar-refractivity contribution in [2.45, 2.75) is 24.1 Å². The van der Waals surface area contributed by atoms with Gasteiger partial charge in [-0.2, -0.15) is 0 Å². The Bertz CT molecular complexity index is 1660. The lowest BCUT2D eigenvalue weighted by atomic mass is 9.79. The van der Waals surface area contributed by atoms with Gasteiger partial charge in [-0.25, -0.2) is 4.98 Å². The summed E-state index contributed by atoms with van der Waals surface area (Å²) >= 11 is 1.39. The molecule has 1 aromatic heterocycles. The number of azide groups is 1. The molecule has 9 heteroatoms. The Balaban J connectivity index is 1.37. The highest BCUT2D eigenvalue weighted by molar-refractivity contribution is 8.14. The van der Waals surface area contributed by atoms with Gasteiger partial charge in [0.05, 0.1) is 23.6 Å². The minimum absolute atomic E-state index is 0.0149. The summed E-state index contributed by atoms with van der Waals surface area (Å²) in [5.74, 6) is 2.62. The van der Waals surface area contributed by atoms with E-state index in [1.165, 1.54) is 11.8 Å². The quantitative estimate of drug-likeness (QED) is 0.0856. The molecule has 4 atom stereocenters. The third-order valence-electron chi connectivity index (χ3n) is 8.24. The Kier molecular flexibility index (Phi) is 8.04. The van der Waals surface area contributed by atoms with Crippen molar-refractivity contribution >= 4 is 27.9 Å².